The molecule has 1 saturated heterocycles. The minimum atomic E-state index is 0.485. The van der Waals surface area contributed by atoms with Crippen LogP contribution in [0.3, 0.4) is 0 Å². The Hall–Kier alpha value is -0.0800. The Labute approximate surface area is 132 Å². The maximum Gasteiger partial charge on any atom is 0.0614 e. The van der Waals surface area contributed by atoms with Gasteiger partial charge in [-0.2, -0.15) is 0 Å². The first kappa shape index (κ1) is 17.3. The zero-order valence-electron chi connectivity index (χ0n) is 15.1. The standard InChI is InChI=1S/C19H37NO/c1-13(2)9-16-10-15(4)12-18(20(16)5)17-11-14(3)7-8-19(17)21-6/h13-19H,7-12H2,1-6H3. The van der Waals surface area contributed by atoms with Crippen molar-refractivity contribution in [2.24, 2.45) is 23.7 Å². The molecular formula is C19H37NO. The zero-order valence-corrected chi connectivity index (χ0v) is 15.1. The van der Waals surface area contributed by atoms with Gasteiger partial charge in [0, 0.05) is 25.1 Å². The highest BCUT2D eigenvalue weighted by molar-refractivity contribution is 4.94. The summed E-state index contributed by atoms with van der Waals surface area (Å²) in [6.45, 7) is 9.61. The maximum absolute atomic E-state index is 5.88. The Morgan fingerprint density at radius 3 is 2.38 bits per heavy atom. The lowest BCUT2D eigenvalue weighted by molar-refractivity contribution is -0.0565. The molecule has 0 radical (unpaired) electrons. The Balaban J connectivity index is 2.11. The molecule has 0 amide bonds. The molecule has 1 heterocycles. The van der Waals surface area contributed by atoms with Gasteiger partial charge in [-0.15, -0.1) is 0 Å². The van der Waals surface area contributed by atoms with E-state index < -0.39 is 0 Å². The van der Waals surface area contributed by atoms with Crippen molar-refractivity contribution in [3.8, 4) is 0 Å². The number of nitrogens with zero attached hydrogens (tertiary/aromatic N) is 1. The molecule has 0 aromatic carbocycles. The normalized spacial score (nSPS) is 42.4. The SMILES string of the molecule is COC1CCC(C)CC1C1CC(C)CC(CC(C)C)N1C. The van der Waals surface area contributed by atoms with Crippen LogP contribution in [0.2, 0.25) is 0 Å². The van der Waals surface area contributed by atoms with Crippen LogP contribution in [0.15, 0.2) is 0 Å². The molecule has 1 saturated carbocycles. The van der Waals surface area contributed by atoms with Gasteiger partial charge in [0.1, 0.15) is 0 Å². The second-order valence-corrected chi connectivity index (χ2v) is 8.45. The summed E-state index contributed by atoms with van der Waals surface area (Å²) in [7, 11) is 4.31. The van der Waals surface area contributed by atoms with Gasteiger partial charge in [-0.3, -0.25) is 0 Å². The topological polar surface area (TPSA) is 12.5 Å². The van der Waals surface area contributed by atoms with E-state index in [9.17, 15) is 0 Å². The van der Waals surface area contributed by atoms with Crippen LogP contribution in [0.4, 0.5) is 0 Å². The van der Waals surface area contributed by atoms with Gasteiger partial charge in [0.2, 0.25) is 0 Å². The molecule has 0 bridgehead atoms. The quantitative estimate of drug-likeness (QED) is 0.752. The van der Waals surface area contributed by atoms with Crippen molar-refractivity contribution in [1.29, 1.82) is 0 Å². The molecule has 0 spiro atoms. The highest BCUT2D eigenvalue weighted by atomic mass is 16.5. The fraction of sp³-hybridized carbons (Fsp3) is 1.00. The van der Waals surface area contributed by atoms with Crippen molar-refractivity contribution in [3.63, 3.8) is 0 Å². The number of piperidine rings is 1. The number of hydrogen-bond donors (Lipinski definition) is 0. The Bertz CT molecular complexity index is 315. The second kappa shape index (κ2) is 7.46. The summed E-state index contributed by atoms with van der Waals surface area (Å²) < 4.78 is 5.88. The van der Waals surface area contributed by atoms with E-state index >= 15 is 0 Å². The Morgan fingerprint density at radius 2 is 1.76 bits per heavy atom. The zero-order chi connectivity index (χ0) is 15.6. The van der Waals surface area contributed by atoms with Crippen molar-refractivity contribution in [3.05, 3.63) is 0 Å². The second-order valence-electron chi connectivity index (χ2n) is 8.45. The maximum atomic E-state index is 5.88. The smallest absolute Gasteiger partial charge is 0.0614 e. The van der Waals surface area contributed by atoms with Gasteiger partial charge in [0.05, 0.1) is 6.10 Å². The van der Waals surface area contributed by atoms with Gasteiger partial charge >= 0.3 is 0 Å². The first-order valence-corrected chi connectivity index (χ1v) is 9.17. The molecule has 0 N–H and O–H groups in total. The summed E-state index contributed by atoms with van der Waals surface area (Å²) in [4.78, 5) is 2.73. The summed E-state index contributed by atoms with van der Waals surface area (Å²) in [6.07, 6.45) is 8.53. The molecule has 6 unspecified atom stereocenters. The predicted octanol–water partition coefficient (Wildman–Crippen LogP) is 4.58. The molecule has 2 aliphatic rings. The van der Waals surface area contributed by atoms with E-state index in [2.05, 4.69) is 39.6 Å². The summed E-state index contributed by atoms with van der Waals surface area (Å²) in [5.74, 6) is 3.27. The number of ether oxygens (including phenoxy) is 1. The van der Waals surface area contributed by atoms with Crippen LogP contribution in [-0.2, 0) is 4.74 Å². The van der Waals surface area contributed by atoms with Crippen LogP contribution in [0.5, 0.6) is 0 Å². The average molecular weight is 296 g/mol. The molecule has 6 atom stereocenters. The van der Waals surface area contributed by atoms with Gasteiger partial charge in [-0.05, 0) is 63.3 Å². The van der Waals surface area contributed by atoms with Crippen molar-refractivity contribution in [2.45, 2.75) is 84.4 Å². The Morgan fingerprint density at radius 1 is 1.05 bits per heavy atom. The third-order valence-electron chi connectivity index (χ3n) is 6.05. The van der Waals surface area contributed by atoms with E-state index in [1.165, 1.54) is 38.5 Å². The third-order valence-corrected chi connectivity index (χ3v) is 6.05. The van der Waals surface area contributed by atoms with E-state index in [0.29, 0.717) is 6.10 Å². The summed E-state index contributed by atoms with van der Waals surface area (Å²) in [6, 6.07) is 1.50. The number of methoxy groups -OCH3 is 1. The van der Waals surface area contributed by atoms with Crippen LogP contribution in [-0.4, -0.2) is 37.2 Å². The summed E-state index contributed by atoms with van der Waals surface area (Å²) in [5.41, 5.74) is 0. The van der Waals surface area contributed by atoms with E-state index in [4.69, 9.17) is 4.74 Å². The lowest BCUT2D eigenvalue weighted by atomic mass is 9.71. The van der Waals surface area contributed by atoms with Gasteiger partial charge in [-0.1, -0.05) is 27.7 Å². The van der Waals surface area contributed by atoms with Crippen LogP contribution in [0.25, 0.3) is 0 Å². The van der Waals surface area contributed by atoms with Crippen molar-refractivity contribution < 1.29 is 4.74 Å². The lowest BCUT2D eigenvalue weighted by Gasteiger charge is -2.50. The first-order chi connectivity index (χ1) is 9.92. The number of likely N-dealkylation sites (tertiary alicyclic amines) is 1. The minimum Gasteiger partial charge on any atom is -0.381 e. The number of rotatable bonds is 4. The molecule has 2 heteroatoms. The summed E-state index contributed by atoms with van der Waals surface area (Å²) in [5, 5.41) is 0. The van der Waals surface area contributed by atoms with Crippen LogP contribution < -0.4 is 0 Å². The molecule has 21 heavy (non-hydrogen) atoms. The minimum absolute atomic E-state index is 0.485. The molecule has 1 aliphatic heterocycles. The van der Waals surface area contributed by atoms with Crippen molar-refractivity contribution >= 4 is 0 Å². The molecule has 2 fully saturated rings. The molecule has 2 nitrogen and oxygen atoms in total. The third kappa shape index (κ3) is 4.22. The predicted molar refractivity (Wildman–Crippen MR) is 90.5 cm³/mol. The highest BCUT2D eigenvalue weighted by Gasteiger charge is 2.41. The molecular weight excluding hydrogens is 258 g/mol. The molecule has 0 aromatic heterocycles. The van der Waals surface area contributed by atoms with Crippen LogP contribution in [0.1, 0.15) is 66.2 Å². The van der Waals surface area contributed by atoms with Crippen molar-refractivity contribution in [2.75, 3.05) is 14.2 Å². The first-order valence-electron chi connectivity index (χ1n) is 9.17. The van der Waals surface area contributed by atoms with Crippen molar-refractivity contribution in [1.82, 2.24) is 4.90 Å². The monoisotopic (exact) mass is 295 g/mol. The van der Waals surface area contributed by atoms with Crippen LogP contribution in [0, 0.1) is 23.7 Å². The largest absolute Gasteiger partial charge is 0.381 e. The fourth-order valence-electron chi connectivity index (χ4n) is 4.95. The molecule has 2 rings (SSSR count). The average Bonchev–Trinajstić information content (AvgIpc) is 2.42. The van der Waals surface area contributed by atoms with Crippen LogP contribution >= 0.6 is 0 Å². The van der Waals surface area contributed by atoms with Gasteiger partial charge in [-0.25, -0.2) is 0 Å². The molecule has 0 aromatic rings. The lowest BCUT2D eigenvalue weighted by Crippen LogP contribution is -2.54. The summed E-state index contributed by atoms with van der Waals surface area (Å²) >= 11 is 0. The van der Waals surface area contributed by atoms with E-state index in [-0.39, 0.29) is 0 Å². The van der Waals surface area contributed by atoms with E-state index in [1.54, 1.807) is 0 Å². The highest BCUT2D eigenvalue weighted by Crippen LogP contribution is 2.40. The van der Waals surface area contributed by atoms with Gasteiger partial charge in [0.25, 0.3) is 0 Å². The van der Waals surface area contributed by atoms with E-state index in [1.807, 2.05) is 7.11 Å². The molecule has 1 aliphatic carbocycles. The van der Waals surface area contributed by atoms with Gasteiger partial charge < -0.3 is 9.64 Å². The fourth-order valence-corrected chi connectivity index (χ4v) is 4.95. The Kier molecular flexibility index (Phi) is 6.14. The molecule has 124 valence electrons. The van der Waals surface area contributed by atoms with Gasteiger partial charge in [0.15, 0.2) is 0 Å². The number of hydrogen-bond acceptors (Lipinski definition) is 2. The van der Waals surface area contributed by atoms with E-state index in [0.717, 1.165) is 35.8 Å².